The molecular formula is C12H17NO3S. The molecule has 0 aromatic carbocycles. The Morgan fingerprint density at radius 1 is 1.53 bits per heavy atom. The summed E-state index contributed by atoms with van der Waals surface area (Å²) in [4.78, 5) is 12.8. The summed E-state index contributed by atoms with van der Waals surface area (Å²) >= 11 is 1.72. The predicted octanol–water partition coefficient (Wildman–Crippen LogP) is 1.81. The second kappa shape index (κ2) is 6.14. The highest BCUT2D eigenvalue weighted by Crippen LogP contribution is 2.17. The molecular weight excluding hydrogens is 238 g/mol. The van der Waals surface area contributed by atoms with Crippen LogP contribution in [0, 0.1) is 0 Å². The second-order valence-corrected chi connectivity index (χ2v) is 5.09. The van der Waals surface area contributed by atoms with Crippen LogP contribution in [0.25, 0.3) is 0 Å². The van der Waals surface area contributed by atoms with Gasteiger partial charge in [-0.1, -0.05) is 0 Å². The van der Waals surface area contributed by atoms with Crippen LogP contribution in [0.5, 0.6) is 0 Å². The molecule has 0 radical (unpaired) electrons. The lowest BCUT2D eigenvalue weighted by molar-refractivity contribution is -0.145. The van der Waals surface area contributed by atoms with Crippen molar-refractivity contribution in [1.82, 2.24) is 4.90 Å². The van der Waals surface area contributed by atoms with Crippen LogP contribution < -0.4 is 0 Å². The van der Waals surface area contributed by atoms with Gasteiger partial charge in [0.2, 0.25) is 0 Å². The number of nitrogens with zero attached hydrogens (tertiary/aromatic N) is 1. The summed E-state index contributed by atoms with van der Waals surface area (Å²) in [6.07, 6.45) is 1.97. The van der Waals surface area contributed by atoms with Gasteiger partial charge >= 0.3 is 5.97 Å². The molecule has 0 atom stereocenters. The van der Waals surface area contributed by atoms with Crippen molar-refractivity contribution in [2.45, 2.75) is 25.5 Å². The molecule has 0 spiro atoms. The van der Waals surface area contributed by atoms with E-state index in [2.05, 4.69) is 21.7 Å². The molecule has 4 nitrogen and oxygen atoms in total. The normalized spacial score (nSPS) is 18.4. The third-order valence-corrected chi connectivity index (χ3v) is 3.70. The molecule has 0 unspecified atom stereocenters. The van der Waals surface area contributed by atoms with Gasteiger partial charge in [0.05, 0.1) is 6.10 Å². The summed E-state index contributed by atoms with van der Waals surface area (Å²) in [6.45, 7) is 2.80. The Bertz CT molecular complexity index is 345. The Balaban J connectivity index is 1.69. The van der Waals surface area contributed by atoms with Gasteiger partial charge < -0.3 is 9.84 Å². The molecule has 1 aromatic rings. The van der Waals surface area contributed by atoms with Crippen LogP contribution in [0.1, 0.15) is 18.4 Å². The first kappa shape index (κ1) is 12.5. The van der Waals surface area contributed by atoms with Gasteiger partial charge in [0.25, 0.3) is 0 Å². The van der Waals surface area contributed by atoms with Gasteiger partial charge in [-0.3, -0.25) is 4.90 Å². The van der Waals surface area contributed by atoms with Crippen LogP contribution in [0.3, 0.4) is 0 Å². The van der Waals surface area contributed by atoms with Crippen molar-refractivity contribution in [3.8, 4) is 0 Å². The lowest BCUT2D eigenvalue weighted by Gasteiger charge is -2.31. The number of piperidine rings is 1. The first-order valence-electron chi connectivity index (χ1n) is 5.81. The van der Waals surface area contributed by atoms with E-state index >= 15 is 0 Å². The third-order valence-electron chi connectivity index (χ3n) is 2.96. The molecule has 1 aromatic heterocycles. The number of rotatable bonds is 5. The molecule has 0 saturated carbocycles. The minimum Gasteiger partial charge on any atom is -0.480 e. The Kier molecular flexibility index (Phi) is 4.53. The highest BCUT2D eigenvalue weighted by atomic mass is 32.1. The molecule has 1 aliphatic heterocycles. The fourth-order valence-corrected chi connectivity index (χ4v) is 2.72. The van der Waals surface area contributed by atoms with Gasteiger partial charge in [0, 0.05) is 19.6 Å². The summed E-state index contributed by atoms with van der Waals surface area (Å²) in [5.74, 6) is -0.884. The van der Waals surface area contributed by atoms with E-state index in [0.29, 0.717) is 0 Å². The average Bonchev–Trinajstić information content (AvgIpc) is 2.81. The Morgan fingerprint density at radius 3 is 2.88 bits per heavy atom. The van der Waals surface area contributed by atoms with Crippen LogP contribution in [0.15, 0.2) is 16.8 Å². The van der Waals surface area contributed by atoms with Crippen LogP contribution in [0.2, 0.25) is 0 Å². The van der Waals surface area contributed by atoms with Crippen LogP contribution in [0.4, 0.5) is 0 Å². The highest BCUT2D eigenvalue weighted by molar-refractivity contribution is 7.07. The lowest BCUT2D eigenvalue weighted by Crippen LogP contribution is -2.37. The van der Waals surface area contributed by atoms with Crippen molar-refractivity contribution in [2.24, 2.45) is 0 Å². The standard InChI is InChI=1S/C12H17NO3S/c14-12(15)8-16-11-1-4-13(5-2-11)7-10-3-6-17-9-10/h3,6,9,11H,1-2,4-5,7-8H2,(H,14,15). The number of thiophene rings is 1. The largest absolute Gasteiger partial charge is 0.480 e. The summed E-state index contributed by atoms with van der Waals surface area (Å²) in [6, 6.07) is 2.15. The molecule has 0 amide bonds. The fourth-order valence-electron chi connectivity index (χ4n) is 2.06. The number of carboxylic acid groups (broad SMARTS) is 1. The lowest BCUT2D eigenvalue weighted by atomic mass is 10.1. The Hall–Kier alpha value is -0.910. The smallest absolute Gasteiger partial charge is 0.329 e. The molecule has 1 saturated heterocycles. The zero-order chi connectivity index (χ0) is 12.1. The van der Waals surface area contributed by atoms with Crippen molar-refractivity contribution in [1.29, 1.82) is 0 Å². The van der Waals surface area contributed by atoms with Gasteiger partial charge in [0.15, 0.2) is 0 Å². The summed E-state index contributed by atoms with van der Waals surface area (Å²) < 4.78 is 5.30. The average molecular weight is 255 g/mol. The number of carboxylic acids is 1. The minimum atomic E-state index is -0.884. The van der Waals surface area contributed by atoms with E-state index in [0.717, 1.165) is 32.5 Å². The number of ether oxygens (including phenoxy) is 1. The number of carbonyl (C=O) groups is 1. The molecule has 2 rings (SSSR count). The molecule has 94 valence electrons. The first-order chi connectivity index (χ1) is 8.24. The van der Waals surface area contributed by atoms with E-state index in [9.17, 15) is 4.79 Å². The second-order valence-electron chi connectivity index (χ2n) is 4.31. The SMILES string of the molecule is O=C(O)COC1CCN(Cc2ccsc2)CC1. The fraction of sp³-hybridized carbons (Fsp3) is 0.583. The van der Waals surface area contributed by atoms with E-state index in [1.54, 1.807) is 11.3 Å². The molecule has 2 heterocycles. The summed E-state index contributed by atoms with van der Waals surface area (Å²) in [5.41, 5.74) is 1.36. The van der Waals surface area contributed by atoms with Crippen molar-refractivity contribution < 1.29 is 14.6 Å². The maximum atomic E-state index is 10.4. The van der Waals surface area contributed by atoms with Crippen LogP contribution in [-0.4, -0.2) is 41.8 Å². The monoisotopic (exact) mass is 255 g/mol. The molecule has 1 aliphatic rings. The van der Waals surface area contributed by atoms with Gasteiger partial charge in [-0.25, -0.2) is 4.79 Å². The van der Waals surface area contributed by atoms with Gasteiger partial charge in [-0.05, 0) is 35.2 Å². The van der Waals surface area contributed by atoms with E-state index in [-0.39, 0.29) is 12.7 Å². The topological polar surface area (TPSA) is 49.8 Å². The number of hydrogen-bond acceptors (Lipinski definition) is 4. The highest BCUT2D eigenvalue weighted by Gasteiger charge is 2.20. The van der Waals surface area contributed by atoms with Gasteiger partial charge in [-0.2, -0.15) is 11.3 Å². The predicted molar refractivity (Wildman–Crippen MR) is 66.2 cm³/mol. The molecule has 5 heteroatoms. The molecule has 17 heavy (non-hydrogen) atoms. The Morgan fingerprint density at radius 2 is 2.29 bits per heavy atom. The first-order valence-corrected chi connectivity index (χ1v) is 6.75. The van der Waals surface area contributed by atoms with E-state index in [4.69, 9.17) is 9.84 Å². The zero-order valence-corrected chi connectivity index (χ0v) is 10.5. The molecule has 0 aliphatic carbocycles. The van der Waals surface area contributed by atoms with Crippen LogP contribution >= 0.6 is 11.3 Å². The maximum Gasteiger partial charge on any atom is 0.329 e. The third kappa shape index (κ3) is 4.11. The van der Waals surface area contributed by atoms with Crippen molar-refractivity contribution in [3.63, 3.8) is 0 Å². The van der Waals surface area contributed by atoms with Crippen molar-refractivity contribution in [2.75, 3.05) is 19.7 Å². The number of likely N-dealkylation sites (tertiary alicyclic amines) is 1. The molecule has 1 N–H and O–H groups in total. The summed E-state index contributed by atoms with van der Waals surface area (Å²) in [7, 11) is 0. The van der Waals surface area contributed by atoms with Gasteiger partial charge in [0.1, 0.15) is 6.61 Å². The molecule has 1 fully saturated rings. The number of aliphatic carboxylic acids is 1. The molecule has 0 bridgehead atoms. The number of hydrogen-bond donors (Lipinski definition) is 1. The quantitative estimate of drug-likeness (QED) is 0.872. The van der Waals surface area contributed by atoms with E-state index < -0.39 is 5.97 Å². The summed E-state index contributed by atoms with van der Waals surface area (Å²) in [5, 5.41) is 12.8. The van der Waals surface area contributed by atoms with Crippen molar-refractivity contribution in [3.05, 3.63) is 22.4 Å². The zero-order valence-electron chi connectivity index (χ0n) is 9.67. The maximum absolute atomic E-state index is 10.4. The van der Waals surface area contributed by atoms with Crippen LogP contribution in [-0.2, 0) is 16.1 Å². The van der Waals surface area contributed by atoms with Crippen molar-refractivity contribution >= 4 is 17.3 Å². The van der Waals surface area contributed by atoms with E-state index in [1.807, 2.05) is 0 Å². The Labute approximate surface area is 105 Å². The minimum absolute atomic E-state index is 0.116. The van der Waals surface area contributed by atoms with E-state index in [1.165, 1.54) is 5.56 Å². The van der Waals surface area contributed by atoms with Gasteiger partial charge in [-0.15, -0.1) is 0 Å².